The summed E-state index contributed by atoms with van der Waals surface area (Å²) in [4.78, 5) is 0. The van der Waals surface area contributed by atoms with Crippen LogP contribution in [0.3, 0.4) is 0 Å². The maximum absolute atomic E-state index is 5.86. The highest BCUT2D eigenvalue weighted by atomic mass is 35.5. The van der Waals surface area contributed by atoms with Crippen LogP contribution < -0.4 is 4.74 Å². The van der Waals surface area contributed by atoms with Gasteiger partial charge >= 0.3 is 0 Å². The smallest absolute Gasteiger partial charge is 0.174 e. The summed E-state index contributed by atoms with van der Waals surface area (Å²) >= 11 is 11.5. The predicted molar refractivity (Wildman–Crippen MR) is 50.3 cm³/mol. The second kappa shape index (κ2) is 3.68. The zero-order valence-corrected chi connectivity index (χ0v) is 8.35. The van der Waals surface area contributed by atoms with Gasteiger partial charge in [0.05, 0.1) is 12.3 Å². The molecule has 0 saturated heterocycles. The Kier molecular flexibility index (Phi) is 2.56. The van der Waals surface area contributed by atoms with Gasteiger partial charge in [-0.2, -0.15) is 5.10 Å². The fraction of sp³-hybridized carbons (Fsp3) is 0.500. The SMILES string of the molecule is Clc1nncc(OC2CCC2)c1Cl. The highest BCUT2D eigenvalue weighted by Gasteiger charge is 2.21. The number of aromatic nitrogens is 2. The summed E-state index contributed by atoms with van der Waals surface area (Å²) < 4.78 is 5.54. The molecule has 70 valence electrons. The summed E-state index contributed by atoms with van der Waals surface area (Å²) in [5, 5.41) is 7.80. The summed E-state index contributed by atoms with van der Waals surface area (Å²) in [5.41, 5.74) is 0. The van der Waals surface area contributed by atoms with Crippen molar-refractivity contribution in [1.29, 1.82) is 0 Å². The Morgan fingerprint density at radius 3 is 2.77 bits per heavy atom. The van der Waals surface area contributed by atoms with Crippen molar-refractivity contribution in [2.24, 2.45) is 0 Å². The molecule has 0 radical (unpaired) electrons. The van der Waals surface area contributed by atoms with E-state index in [0.717, 1.165) is 12.8 Å². The normalized spacial score (nSPS) is 16.8. The van der Waals surface area contributed by atoms with Gasteiger partial charge in [-0.1, -0.05) is 23.2 Å². The van der Waals surface area contributed by atoms with E-state index >= 15 is 0 Å². The van der Waals surface area contributed by atoms with Crippen LogP contribution in [0.15, 0.2) is 6.20 Å². The molecule has 0 unspecified atom stereocenters. The minimum atomic E-state index is 0.193. The van der Waals surface area contributed by atoms with Crippen LogP contribution in [-0.4, -0.2) is 16.3 Å². The minimum Gasteiger partial charge on any atom is -0.487 e. The quantitative estimate of drug-likeness (QED) is 0.766. The second-order valence-electron chi connectivity index (χ2n) is 2.98. The van der Waals surface area contributed by atoms with E-state index in [1.165, 1.54) is 12.6 Å². The molecule has 1 aliphatic rings. The molecule has 2 rings (SSSR count). The van der Waals surface area contributed by atoms with Crippen molar-refractivity contribution >= 4 is 23.2 Å². The first-order valence-corrected chi connectivity index (χ1v) is 4.86. The van der Waals surface area contributed by atoms with Crippen LogP contribution in [0.4, 0.5) is 0 Å². The molecule has 0 N–H and O–H groups in total. The van der Waals surface area contributed by atoms with E-state index in [1.807, 2.05) is 0 Å². The zero-order valence-electron chi connectivity index (χ0n) is 6.83. The molecule has 0 atom stereocenters. The van der Waals surface area contributed by atoms with Crippen LogP contribution in [-0.2, 0) is 0 Å². The molecule has 1 aliphatic carbocycles. The average Bonchev–Trinajstić information content (AvgIpc) is 2.04. The minimum absolute atomic E-state index is 0.193. The first-order chi connectivity index (χ1) is 6.27. The molecule has 0 aromatic carbocycles. The average molecular weight is 219 g/mol. The molecule has 1 fully saturated rings. The molecule has 0 aliphatic heterocycles. The monoisotopic (exact) mass is 218 g/mol. The van der Waals surface area contributed by atoms with E-state index in [9.17, 15) is 0 Å². The second-order valence-corrected chi connectivity index (χ2v) is 3.72. The van der Waals surface area contributed by atoms with Gasteiger partial charge in [-0.25, -0.2) is 0 Å². The molecule has 13 heavy (non-hydrogen) atoms. The molecule has 1 saturated carbocycles. The number of hydrogen-bond donors (Lipinski definition) is 0. The Morgan fingerprint density at radius 2 is 2.15 bits per heavy atom. The van der Waals surface area contributed by atoms with Crippen LogP contribution in [0.1, 0.15) is 19.3 Å². The zero-order chi connectivity index (χ0) is 9.26. The third-order valence-electron chi connectivity index (χ3n) is 2.06. The number of ether oxygens (including phenoxy) is 1. The highest BCUT2D eigenvalue weighted by molar-refractivity contribution is 6.42. The van der Waals surface area contributed by atoms with Gasteiger partial charge in [0, 0.05) is 0 Å². The summed E-state index contributed by atoms with van der Waals surface area (Å²) in [5.74, 6) is 0.534. The molecule has 0 amide bonds. The summed E-state index contributed by atoms with van der Waals surface area (Å²) in [6, 6.07) is 0. The van der Waals surface area contributed by atoms with Crippen molar-refractivity contribution in [2.45, 2.75) is 25.4 Å². The van der Waals surface area contributed by atoms with E-state index in [2.05, 4.69) is 10.2 Å². The predicted octanol–water partition coefficient (Wildman–Crippen LogP) is 2.71. The number of nitrogens with zero attached hydrogens (tertiary/aromatic N) is 2. The summed E-state index contributed by atoms with van der Waals surface area (Å²) in [6.07, 6.45) is 5.14. The van der Waals surface area contributed by atoms with Crippen LogP contribution in [0, 0.1) is 0 Å². The maximum atomic E-state index is 5.86. The van der Waals surface area contributed by atoms with Gasteiger partial charge in [0.2, 0.25) is 0 Å². The van der Waals surface area contributed by atoms with E-state index in [4.69, 9.17) is 27.9 Å². The third-order valence-corrected chi connectivity index (χ3v) is 2.79. The fourth-order valence-electron chi connectivity index (χ4n) is 1.08. The molecule has 5 heteroatoms. The number of halogens is 2. The van der Waals surface area contributed by atoms with Crippen LogP contribution in [0.25, 0.3) is 0 Å². The first kappa shape index (κ1) is 9.03. The van der Waals surface area contributed by atoms with Crippen molar-refractivity contribution in [3.05, 3.63) is 16.4 Å². The van der Waals surface area contributed by atoms with Crippen molar-refractivity contribution in [2.75, 3.05) is 0 Å². The van der Waals surface area contributed by atoms with Gasteiger partial charge in [-0.15, -0.1) is 5.10 Å². The van der Waals surface area contributed by atoms with Gasteiger partial charge in [0.1, 0.15) is 5.02 Å². The Hall–Kier alpha value is -0.540. The van der Waals surface area contributed by atoms with Crippen molar-refractivity contribution in [1.82, 2.24) is 10.2 Å². The highest BCUT2D eigenvalue weighted by Crippen LogP contribution is 2.32. The van der Waals surface area contributed by atoms with Crippen LogP contribution in [0.2, 0.25) is 10.2 Å². The maximum Gasteiger partial charge on any atom is 0.174 e. The number of rotatable bonds is 2. The molecule has 1 heterocycles. The Balaban J connectivity index is 2.14. The lowest BCUT2D eigenvalue weighted by Crippen LogP contribution is -2.24. The molecule has 0 spiro atoms. The van der Waals surface area contributed by atoms with Gasteiger partial charge in [-0.05, 0) is 19.3 Å². The van der Waals surface area contributed by atoms with Gasteiger partial charge in [0.15, 0.2) is 10.9 Å². The Labute approximate surface area is 86.0 Å². The molecule has 1 aromatic rings. The standard InChI is InChI=1S/C8H8Cl2N2O/c9-7-6(4-11-12-8(7)10)13-5-2-1-3-5/h4-5H,1-3H2. The number of hydrogen-bond acceptors (Lipinski definition) is 3. The Morgan fingerprint density at radius 1 is 1.38 bits per heavy atom. The van der Waals surface area contributed by atoms with E-state index in [0.29, 0.717) is 10.8 Å². The largest absolute Gasteiger partial charge is 0.487 e. The van der Waals surface area contributed by atoms with Crippen molar-refractivity contribution in [3.63, 3.8) is 0 Å². The van der Waals surface area contributed by atoms with Crippen LogP contribution in [0.5, 0.6) is 5.75 Å². The summed E-state index contributed by atoms with van der Waals surface area (Å²) in [7, 11) is 0. The lowest BCUT2D eigenvalue weighted by molar-refractivity contribution is 0.120. The molecule has 1 aromatic heterocycles. The lowest BCUT2D eigenvalue weighted by atomic mass is 9.96. The van der Waals surface area contributed by atoms with Crippen molar-refractivity contribution < 1.29 is 4.74 Å². The molecular formula is C8H8Cl2N2O. The molecule has 3 nitrogen and oxygen atoms in total. The lowest BCUT2D eigenvalue weighted by Gasteiger charge is -2.26. The van der Waals surface area contributed by atoms with Gasteiger partial charge < -0.3 is 4.74 Å². The van der Waals surface area contributed by atoms with E-state index in [1.54, 1.807) is 0 Å². The molecule has 0 bridgehead atoms. The Bertz CT molecular complexity index is 315. The van der Waals surface area contributed by atoms with Crippen molar-refractivity contribution in [3.8, 4) is 5.75 Å². The van der Waals surface area contributed by atoms with Gasteiger partial charge in [-0.3, -0.25) is 0 Å². The van der Waals surface area contributed by atoms with E-state index < -0.39 is 0 Å². The summed E-state index contributed by atoms with van der Waals surface area (Å²) in [6.45, 7) is 0. The fourth-order valence-corrected chi connectivity index (χ4v) is 1.35. The first-order valence-electron chi connectivity index (χ1n) is 4.10. The van der Waals surface area contributed by atoms with E-state index in [-0.39, 0.29) is 11.3 Å². The third kappa shape index (κ3) is 1.86. The van der Waals surface area contributed by atoms with Crippen LogP contribution >= 0.6 is 23.2 Å². The van der Waals surface area contributed by atoms with Gasteiger partial charge in [0.25, 0.3) is 0 Å². The topological polar surface area (TPSA) is 35.0 Å². The molecular weight excluding hydrogens is 211 g/mol.